The summed E-state index contributed by atoms with van der Waals surface area (Å²) < 4.78 is 19.6. The lowest BCUT2D eigenvalue weighted by Crippen LogP contribution is -2.64. The molecule has 0 saturated carbocycles. The molecule has 3 heterocycles. The molecule has 17 nitrogen and oxygen atoms in total. The molecule has 0 aromatic carbocycles. The molecule has 0 spiro atoms. The van der Waals surface area contributed by atoms with E-state index in [1.807, 2.05) is 0 Å². The third kappa shape index (κ3) is 6.60. The van der Waals surface area contributed by atoms with Gasteiger partial charge in [-0.15, -0.1) is 0 Å². The summed E-state index contributed by atoms with van der Waals surface area (Å²) in [7, 11) is 0. The van der Waals surface area contributed by atoms with Gasteiger partial charge in [0, 0.05) is 0 Å². The largest absolute Gasteiger partial charge is 0.455 e. The van der Waals surface area contributed by atoms with Crippen LogP contribution in [0.2, 0.25) is 0 Å². The van der Waals surface area contributed by atoms with Crippen molar-refractivity contribution in [3.63, 3.8) is 0 Å². The van der Waals surface area contributed by atoms with E-state index in [-0.39, 0.29) is 0 Å². The molecule has 14 atom stereocenters. The third-order valence-corrected chi connectivity index (χ3v) is 5.72. The quantitative estimate of drug-likeness (QED) is 0.150. The van der Waals surface area contributed by atoms with Crippen molar-refractivity contribution in [2.45, 2.75) is 85.8 Å². The van der Waals surface area contributed by atoms with Gasteiger partial charge in [-0.3, -0.25) is 0 Å². The lowest BCUT2D eigenvalue weighted by molar-refractivity contribution is -0.355. The van der Waals surface area contributed by atoms with Crippen LogP contribution in [0.3, 0.4) is 0 Å². The van der Waals surface area contributed by atoms with E-state index in [9.17, 15) is 40.5 Å². The zero-order valence-electron chi connectivity index (χ0n) is 18.1. The smallest absolute Gasteiger partial charge is 0.338 e. The van der Waals surface area contributed by atoms with E-state index in [2.05, 4.69) is 4.74 Å². The molecule has 206 valence electrons. The van der Waals surface area contributed by atoms with Crippen LogP contribution in [-0.4, -0.2) is 173 Å². The zero-order valence-corrected chi connectivity index (χ0v) is 18.1. The summed E-state index contributed by atoms with van der Waals surface area (Å²) >= 11 is 0. The van der Waals surface area contributed by atoms with Gasteiger partial charge in [-0.2, -0.15) is 0 Å². The van der Waals surface area contributed by atoms with Crippen molar-refractivity contribution in [1.29, 1.82) is 0 Å². The molecule has 3 fully saturated rings. The number of ether oxygens (including phenoxy) is 4. The fraction of sp³-hybridized carbons (Fsp3) is 0.944. The molecule has 0 amide bonds. The predicted octanol–water partition coefficient (Wildman–Crippen LogP) is -8.41. The highest BCUT2D eigenvalue weighted by molar-refractivity contribution is 5.76. The summed E-state index contributed by atoms with van der Waals surface area (Å²) in [6, 6.07) is 0. The van der Waals surface area contributed by atoms with Gasteiger partial charge in [0.25, 0.3) is 0 Å². The topological polar surface area (TPSA) is 297 Å². The third-order valence-electron chi connectivity index (χ3n) is 5.72. The SMILES string of the molecule is O=C1O[C@H](CO)[C@@H](O)[C@H](O)[C@H]1O.OC[C@H]1O[C@H](O[C@H]2[C@H](O)[C@@H](O)[C@H](O)O[C@@H]2CO)[C@H](O)[C@@H](O)[C@@H]1O. The standard InChI is InChI=1S/C12H22O11.C6H10O6/c13-1-3-5(15)6(16)9(19)12(22-3)23-10-4(2-14)21-11(20)8(18)7(10)17;7-1-2-3(8)4(9)5(10)6(11)12-2/h3-20H,1-2H2;2-5,7-10H,1H2/t3-,4-,5-,6+,7-,8-,9-,10-,11-,12-;2-,3-,4+,5-/m11/s1. The molecule has 0 aliphatic carbocycles. The van der Waals surface area contributed by atoms with Gasteiger partial charge in [0.15, 0.2) is 24.8 Å². The van der Waals surface area contributed by atoms with Crippen LogP contribution in [0.4, 0.5) is 0 Å². The van der Waals surface area contributed by atoms with E-state index in [4.69, 9.17) is 39.7 Å². The maximum atomic E-state index is 10.7. The van der Waals surface area contributed by atoms with Crippen molar-refractivity contribution in [3.05, 3.63) is 0 Å². The van der Waals surface area contributed by atoms with Gasteiger partial charge in [0.05, 0.1) is 19.8 Å². The number of hydrogen-bond acceptors (Lipinski definition) is 17. The molecule has 3 aliphatic rings. The fourth-order valence-electron chi connectivity index (χ4n) is 3.55. The molecule has 0 radical (unpaired) electrons. The predicted molar refractivity (Wildman–Crippen MR) is 104 cm³/mol. The summed E-state index contributed by atoms with van der Waals surface area (Å²) in [6.07, 6.45) is -21.5. The second kappa shape index (κ2) is 12.9. The highest BCUT2D eigenvalue weighted by Gasteiger charge is 2.50. The van der Waals surface area contributed by atoms with Crippen LogP contribution in [0.5, 0.6) is 0 Å². The molecule has 0 aromatic heterocycles. The molecular formula is C18H32O17. The van der Waals surface area contributed by atoms with Crippen molar-refractivity contribution in [3.8, 4) is 0 Å². The molecule has 3 saturated heterocycles. The number of aliphatic hydroxyl groups is 12. The van der Waals surface area contributed by atoms with Gasteiger partial charge < -0.3 is 80.2 Å². The molecule has 35 heavy (non-hydrogen) atoms. The maximum Gasteiger partial charge on any atom is 0.338 e. The summed E-state index contributed by atoms with van der Waals surface area (Å²) in [5.74, 6) is -1.04. The molecule has 3 rings (SSSR count). The number of carbonyl (C=O) groups is 1. The minimum atomic E-state index is -1.74. The van der Waals surface area contributed by atoms with E-state index >= 15 is 0 Å². The number of rotatable bonds is 5. The van der Waals surface area contributed by atoms with Crippen molar-refractivity contribution in [2.24, 2.45) is 0 Å². The van der Waals surface area contributed by atoms with Crippen molar-refractivity contribution in [1.82, 2.24) is 0 Å². The number of aliphatic hydroxyl groups excluding tert-OH is 12. The number of hydrogen-bond donors (Lipinski definition) is 12. The van der Waals surface area contributed by atoms with Crippen LogP contribution in [0.1, 0.15) is 0 Å². The number of esters is 1. The Bertz CT molecular complexity index is 661. The first kappa shape index (κ1) is 30.1. The van der Waals surface area contributed by atoms with E-state index in [0.29, 0.717) is 0 Å². The van der Waals surface area contributed by atoms with E-state index in [1.54, 1.807) is 0 Å². The van der Waals surface area contributed by atoms with Crippen molar-refractivity contribution in [2.75, 3.05) is 19.8 Å². The van der Waals surface area contributed by atoms with Gasteiger partial charge >= 0.3 is 5.97 Å². The number of carbonyl (C=O) groups excluding carboxylic acids is 1. The number of cyclic esters (lactones) is 1. The molecule has 0 unspecified atom stereocenters. The van der Waals surface area contributed by atoms with Crippen molar-refractivity contribution < 1.29 is 85.0 Å². The van der Waals surface area contributed by atoms with Gasteiger partial charge in [0.1, 0.15) is 61.0 Å². The zero-order chi connectivity index (χ0) is 26.6. The lowest BCUT2D eigenvalue weighted by atomic mass is 9.97. The van der Waals surface area contributed by atoms with Gasteiger partial charge in [-0.1, -0.05) is 0 Å². The molecule has 17 heteroatoms. The Hall–Kier alpha value is -1.13. The first-order valence-corrected chi connectivity index (χ1v) is 10.5. The highest BCUT2D eigenvalue weighted by Crippen LogP contribution is 2.28. The van der Waals surface area contributed by atoms with E-state index < -0.39 is 112 Å². The Labute approximate surface area is 197 Å². The van der Waals surface area contributed by atoms with Crippen LogP contribution in [-0.2, 0) is 23.7 Å². The summed E-state index contributed by atoms with van der Waals surface area (Å²) in [4.78, 5) is 10.7. The molecule has 0 bridgehead atoms. The summed E-state index contributed by atoms with van der Waals surface area (Å²) in [5, 5.41) is 112. The molecular weight excluding hydrogens is 488 g/mol. The first-order valence-electron chi connectivity index (χ1n) is 10.5. The normalized spacial score (nSPS) is 48.5. The average molecular weight is 520 g/mol. The Morgan fingerprint density at radius 3 is 1.69 bits per heavy atom. The Morgan fingerprint density at radius 2 is 1.14 bits per heavy atom. The molecule has 12 N–H and O–H groups in total. The van der Waals surface area contributed by atoms with Crippen LogP contribution >= 0.6 is 0 Å². The minimum absolute atomic E-state index is 0.587. The first-order chi connectivity index (χ1) is 16.4. The van der Waals surface area contributed by atoms with E-state index in [0.717, 1.165) is 0 Å². The second-order valence-electron chi connectivity index (χ2n) is 8.11. The van der Waals surface area contributed by atoms with Crippen LogP contribution in [0.15, 0.2) is 0 Å². The Balaban J connectivity index is 0.000000303. The van der Waals surface area contributed by atoms with Crippen LogP contribution in [0.25, 0.3) is 0 Å². The van der Waals surface area contributed by atoms with Gasteiger partial charge in [0.2, 0.25) is 0 Å². The lowest BCUT2D eigenvalue weighted by Gasteiger charge is -2.45. The average Bonchev–Trinajstić information content (AvgIpc) is 2.85. The summed E-state index contributed by atoms with van der Waals surface area (Å²) in [6.45, 7) is -1.93. The minimum Gasteiger partial charge on any atom is -0.455 e. The van der Waals surface area contributed by atoms with Crippen molar-refractivity contribution >= 4 is 5.97 Å². The van der Waals surface area contributed by atoms with Gasteiger partial charge in [-0.05, 0) is 0 Å². The molecule has 0 aromatic rings. The van der Waals surface area contributed by atoms with Gasteiger partial charge in [-0.25, -0.2) is 4.79 Å². The maximum absolute atomic E-state index is 10.7. The Morgan fingerprint density at radius 1 is 0.600 bits per heavy atom. The molecule has 3 aliphatic heterocycles. The van der Waals surface area contributed by atoms with Crippen LogP contribution in [0, 0.1) is 0 Å². The Kier molecular flexibility index (Phi) is 11.1. The van der Waals surface area contributed by atoms with E-state index in [1.165, 1.54) is 0 Å². The highest BCUT2D eigenvalue weighted by atomic mass is 16.7. The second-order valence-corrected chi connectivity index (χ2v) is 8.11. The fourth-order valence-corrected chi connectivity index (χ4v) is 3.55. The monoisotopic (exact) mass is 520 g/mol. The summed E-state index contributed by atoms with van der Waals surface area (Å²) in [5.41, 5.74) is 0. The van der Waals surface area contributed by atoms with Crippen LogP contribution < -0.4 is 0 Å².